The minimum absolute atomic E-state index is 0.0107. The van der Waals surface area contributed by atoms with E-state index in [1.165, 1.54) is 11.6 Å². The van der Waals surface area contributed by atoms with Crippen LogP contribution in [0.15, 0.2) is 57.7 Å². The summed E-state index contributed by atoms with van der Waals surface area (Å²) in [5.41, 5.74) is 3.23. The van der Waals surface area contributed by atoms with Gasteiger partial charge in [-0.25, -0.2) is 4.79 Å². The Bertz CT molecular complexity index is 1060. The standard InChI is InChI=1S/C23H26N2O4/c1-16-9-10-18(13-17(16)2)28-15-22(26)25(3)12-6-11-24-20-14-23(27)29-21-8-5-4-7-19(20)21/h4-5,7-10,13-14,24H,6,11-12,15H2,1-3H3. The fraction of sp³-hybridized carbons (Fsp3) is 0.304. The van der Waals surface area contributed by atoms with Gasteiger partial charge in [-0.05, 0) is 55.7 Å². The van der Waals surface area contributed by atoms with Gasteiger partial charge >= 0.3 is 5.63 Å². The quantitative estimate of drug-likeness (QED) is 0.465. The van der Waals surface area contributed by atoms with Crippen LogP contribution in [-0.2, 0) is 4.79 Å². The first-order valence-corrected chi connectivity index (χ1v) is 9.65. The molecule has 0 aliphatic carbocycles. The number of carbonyl (C=O) groups is 1. The van der Waals surface area contributed by atoms with E-state index in [9.17, 15) is 9.59 Å². The second-order valence-corrected chi connectivity index (χ2v) is 7.11. The highest BCUT2D eigenvalue weighted by Crippen LogP contribution is 2.21. The maximum Gasteiger partial charge on any atom is 0.338 e. The molecule has 0 bridgehead atoms. The van der Waals surface area contributed by atoms with Gasteiger partial charge in [0.1, 0.15) is 11.3 Å². The summed E-state index contributed by atoms with van der Waals surface area (Å²) in [5.74, 6) is 0.625. The molecule has 0 aliphatic rings. The highest BCUT2D eigenvalue weighted by Gasteiger charge is 2.10. The first kappa shape index (κ1) is 20.5. The molecule has 3 aromatic rings. The number of hydrogen-bond acceptors (Lipinski definition) is 5. The molecule has 6 nitrogen and oxygen atoms in total. The lowest BCUT2D eigenvalue weighted by atomic mass is 10.1. The lowest BCUT2D eigenvalue weighted by Crippen LogP contribution is -2.33. The summed E-state index contributed by atoms with van der Waals surface area (Å²) >= 11 is 0. The van der Waals surface area contributed by atoms with E-state index in [0.717, 1.165) is 23.1 Å². The Morgan fingerprint density at radius 3 is 2.69 bits per heavy atom. The molecule has 0 radical (unpaired) electrons. The Hall–Kier alpha value is -3.28. The van der Waals surface area contributed by atoms with Gasteiger partial charge in [0.2, 0.25) is 0 Å². The maximum absolute atomic E-state index is 12.3. The average Bonchev–Trinajstić information content (AvgIpc) is 2.71. The third-order valence-electron chi connectivity index (χ3n) is 4.90. The smallest absolute Gasteiger partial charge is 0.338 e. The number of fused-ring (bicyclic) bond motifs is 1. The molecule has 1 N–H and O–H groups in total. The van der Waals surface area contributed by atoms with Crippen molar-refractivity contribution in [3.8, 4) is 5.75 Å². The number of amides is 1. The number of hydrogen-bond donors (Lipinski definition) is 1. The lowest BCUT2D eigenvalue weighted by molar-refractivity contribution is -0.132. The van der Waals surface area contributed by atoms with E-state index in [-0.39, 0.29) is 18.1 Å². The van der Waals surface area contributed by atoms with Crippen molar-refractivity contribution in [2.75, 3.05) is 32.1 Å². The van der Waals surface area contributed by atoms with Gasteiger partial charge in [-0.15, -0.1) is 0 Å². The highest BCUT2D eigenvalue weighted by atomic mass is 16.5. The molecule has 0 saturated heterocycles. The number of carbonyl (C=O) groups excluding carboxylic acids is 1. The maximum atomic E-state index is 12.3. The molecule has 152 valence electrons. The predicted molar refractivity (Wildman–Crippen MR) is 115 cm³/mol. The monoisotopic (exact) mass is 394 g/mol. The van der Waals surface area contributed by atoms with Gasteiger partial charge in [-0.1, -0.05) is 18.2 Å². The molecule has 0 aliphatic heterocycles. The third-order valence-corrected chi connectivity index (χ3v) is 4.90. The fourth-order valence-corrected chi connectivity index (χ4v) is 2.98. The normalized spacial score (nSPS) is 10.7. The molecular weight excluding hydrogens is 368 g/mol. The van der Waals surface area contributed by atoms with E-state index in [1.807, 2.05) is 50.2 Å². The van der Waals surface area contributed by atoms with Crippen molar-refractivity contribution in [2.45, 2.75) is 20.3 Å². The van der Waals surface area contributed by atoms with Gasteiger partial charge in [-0.3, -0.25) is 4.79 Å². The Balaban J connectivity index is 1.46. The van der Waals surface area contributed by atoms with Gasteiger partial charge < -0.3 is 19.4 Å². The number of nitrogens with one attached hydrogen (secondary N) is 1. The van der Waals surface area contributed by atoms with E-state index >= 15 is 0 Å². The van der Waals surface area contributed by atoms with Crippen LogP contribution in [0.25, 0.3) is 11.0 Å². The van der Waals surface area contributed by atoms with Gasteiger partial charge in [0.05, 0.1) is 5.69 Å². The molecule has 0 unspecified atom stereocenters. The van der Waals surface area contributed by atoms with Crippen molar-refractivity contribution in [1.29, 1.82) is 0 Å². The SMILES string of the molecule is Cc1ccc(OCC(=O)N(C)CCCNc2cc(=O)oc3ccccc23)cc1C. The molecule has 29 heavy (non-hydrogen) atoms. The number of likely N-dealkylation sites (N-methyl/N-ethyl adjacent to an activating group) is 1. The Labute approximate surface area is 170 Å². The highest BCUT2D eigenvalue weighted by molar-refractivity contribution is 5.89. The van der Waals surface area contributed by atoms with Crippen molar-refractivity contribution in [3.63, 3.8) is 0 Å². The van der Waals surface area contributed by atoms with Gasteiger partial charge in [0, 0.05) is 31.6 Å². The van der Waals surface area contributed by atoms with Gasteiger partial charge in [-0.2, -0.15) is 0 Å². The summed E-state index contributed by atoms with van der Waals surface area (Å²) in [5, 5.41) is 4.12. The van der Waals surface area contributed by atoms with Gasteiger partial charge in [0.25, 0.3) is 5.91 Å². The molecule has 6 heteroatoms. The van der Waals surface area contributed by atoms with E-state index in [4.69, 9.17) is 9.15 Å². The summed E-state index contributed by atoms with van der Waals surface area (Å²) in [4.78, 5) is 25.6. The zero-order valence-electron chi connectivity index (χ0n) is 17.0. The molecular formula is C23H26N2O4. The molecule has 0 spiro atoms. The number of aryl methyl sites for hydroxylation is 2. The minimum Gasteiger partial charge on any atom is -0.484 e. The first-order valence-electron chi connectivity index (χ1n) is 9.65. The van der Waals surface area contributed by atoms with E-state index in [1.54, 1.807) is 18.0 Å². The summed E-state index contributed by atoms with van der Waals surface area (Å²) < 4.78 is 10.8. The zero-order chi connectivity index (χ0) is 20.8. The first-order chi connectivity index (χ1) is 13.9. The molecule has 1 heterocycles. The van der Waals surface area contributed by atoms with Crippen LogP contribution in [-0.4, -0.2) is 37.6 Å². The van der Waals surface area contributed by atoms with Crippen LogP contribution in [0.3, 0.4) is 0 Å². The van der Waals surface area contributed by atoms with E-state index in [2.05, 4.69) is 5.32 Å². The molecule has 0 fully saturated rings. The average molecular weight is 394 g/mol. The van der Waals surface area contributed by atoms with Crippen LogP contribution in [0.4, 0.5) is 5.69 Å². The second kappa shape index (κ2) is 9.28. The van der Waals surface area contributed by atoms with E-state index in [0.29, 0.717) is 24.4 Å². The van der Waals surface area contributed by atoms with Crippen molar-refractivity contribution < 1.29 is 13.9 Å². The molecule has 1 aromatic heterocycles. The van der Waals surface area contributed by atoms with Crippen molar-refractivity contribution in [3.05, 3.63) is 70.1 Å². The zero-order valence-corrected chi connectivity index (χ0v) is 17.0. The fourth-order valence-electron chi connectivity index (χ4n) is 2.98. The summed E-state index contributed by atoms with van der Waals surface area (Å²) in [6, 6.07) is 14.6. The number of anilines is 1. The Kier molecular flexibility index (Phi) is 6.54. The van der Waals surface area contributed by atoms with Crippen LogP contribution in [0.2, 0.25) is 0 Å². The molecule has 1 amide bonds. The van der Waals surface area contributed by atoms with Crippen molar-refractivity contribution in [1.82, 2.24) is 4.90 Å². The number of para-hydroxylation sites is 1. The summed E-state index contributed by atoms with van der Waals surface area (Å²) in [6.45, 7) is 5.28. The molecule has 3 rings (SSSR count). The van der Waals surface area contributed by atoms with Crippen molar-refractivity contribution >= 4 is 22.6 Å². The van der Waals surface area contributed by atoms with Crippen LogP contribution in [0, 0.1) is 13.8 Å². The largest absolute Gasteiger partial charge is 0.484 e. The van der Waals surface area contributed by atoms with E-state index < -0.39 is 0 Å². The van der Waals surface area contributed by atoms with Gasteiger partial charge in [0.15, 0.2) is 6.61 Å². The second-order valence-electron chi connectivity index (χ2n) is 7.11. The molecule has 0 atom stereocenters. The van der Waals surface area contributed by atoms with Crippen LogP contribution >= 0.6 is 0 Å². The van der Waals surface area contributed by atoms with Crippen molar-refractivity contribution in [2.24, 2.45) is 0 Å². The number of nitrogens with zero attached hydrogens (tertiary/aromatic N) is 1. The third kappa shape index (κ3) is 5.38. The minimum atomic E-state index is -0.387. The van der Waals surface area contributed by atoms with Crippen LogP contribution < -0.4 is 15.7 Å². The molecule has 2 aromatic carbocycles. The number of benzene rings is 2. The Morgan fingerprint density at radius 2 is 1.90 bits per heavy atom. The summed E-state index contributed by atoms with van der Waals surface area (Å²) in [6.07, 6.45) is 0.737. The number of ether oxygens (including phenoxy) is 1. The van der Waals surface area contributed by atoms with Crippen LogP contribution in [0.5, 0.6) is 5.75 Å². The predicted octanol–water partition coefficient (Wildman–Crippen LogP) is 3.75. The lowest BCUT2D eigenvalue weighted by Gasteiger charge is -2.18. The topological polar surface area (TPSA) is 71.8 Å². The summed E-state index contributed by atoms with van der Waals surface area (Å²) in [7, 11) is 1.76. The van der Waals surface area contributed by atoms with Crippen LogP contribution in [0.1, 0.15) is 17.5 Å². The molecule has 0 saturated carbocycles. The Morgan fingerprint density at radius 1 is 1.10 bits per heavy atom. The number of rotatable bonds is 8.